The van der Waals surface area contributed by atoms with E-state index >= 15 is 0 Å². The fourth-order valence-corrected chi connectivity index (χ4v) is 4.25. The van der Waals surface area contributed by atoms with Crippen LogP contribution >= 0.6 is 23.4 Å². The number of thioether (sulfide) groups is 1. The first-order valence-corrected chi connectivity index (χ1v) is 11.8. The van der Waals surface area contributed by atoms with Crippen molar-refractivity contribution < 1.29 is 23.9 Å². The van der Waals surface area contributed by atoms with Crippen LogP contribution in [0, 0.1) is 0 Å². The van der Waals surface area contributed by atoms with Gasteiger partial charge >= 0.3 is 0 Å². The fourth-order valence-electron chi connectivity index (χ4n) is 3.29. The lowest BCUT2D eigenvalue weighted by atomic mass is 10.1. The number of nitrogens with zero attached hydrogens (tertiary/aromatic N) is 1. The summed E-state index contributed by atoms with van der Waals surface area (Å²) >= 11 is 6.70. The molecule has 3 aromatic carbocycles. The molecule has 35 heavy (non-hydrogen) atoms. The number of hydrogen-bond donors (Lipinski definition) is 1. The van der Waals surface area contributed by atoms with E-state index in [0.29, 0.717) is 34.4 Å². The van der Waals surface area contributed by atoms with Crippen LogP contribution in [0.2, 0.25) is 5.02 Å². The Kier molecular flexibility index (Phi) is 7.74. The monoisotopic (exact) mass is 508 g/mol. The second-order valence-corrected chi connectivity index (χ2v) is 8.94. The summed E-state index contributed by atoms with van der Waals surface area (Å²) in [5.74, 6) is 0.0355. The zero-order chi connectivity index (χ0) is 24.8. The largest absolute Gasteiger partial charge is 0.493 e. The summed E-state index contributed by atoms with van der Waals surface area (Å²) in [5.41, 5.74) is 2.19. The maximum atomic E-state index is 12.8. The van der Waals surface area contributed by atoms with Gasteiger partial charge in [-0.1, -0.05) is 48.0 Å². The first-order chi connectivity index (χ1) is 16.9. The zero-order valence-electron chi connectivity index (χ0n) is 18.7. The number of nitrogens with one attached hydrogen (secondary N) is 1. The van der Waals surface area contributed by atoms with Gasteiger partial charge in [0.1, 0.15) is 13.2 Å². The Hall–Kier alpha value is -3.75. The highest BCUT2D eigenvalue weighted by molar-refractivity contribution is 8.18. The normalized spacial score (nSPS) is 14.3. The molecule has 1 aliphatic heterocycles. The van der Waals surface area contributed by atoms with Gasteiger partial charge in [0.25, 0.3) is 11.1 Å². The number of carbonyl (C=O) groups excluding carboxylic acids is 3. The van der Waals surface area contributed by atoms with Crippen molar-refractivity contribution in [3.63, 3.8) is 0 Å². The highest BCUT2D eigenvalue weighted by Gasteiger charge is 2.36. The number of imide groups is 1. The van der Waals surface area contributed by atoms with E-state index in [-0.39, 0.29) is 11.4 Å². The molecule has 0 saturated carbocycles. The first-order valence-electron chi connectivity index (χ1n) is 10.6. The van der Waals surface area contributed by atoms with Crippen LogP contribution in [-0.2, 0) is 16.2 Å². The van der Waals surface area contributed by atoms with Crippen LogP contribution in [-0.4, -0.2) is 35.6 Å². The second kappa shape index (κ2) is 11.1. The predicted molar refractivity (Wildman–Crippen MR) is 137 cm³/mol. The van der Waals surface area contributed by atoms with Crippen molar-refractivity contribution in [2.24, 2.45) is 0 Å². The van der Waals surface area contributed by atoms with Crippen molar-refractivity contribution in [2.75, 3.05) is 19.0 Å². The Morgan fingerprint density at radius 3 is 2.49 bits per heavy atom. The molecule has 1 saturated heterocycles. The number of benzene rings is 3. The molecule has 1 fully saturated rings. The Labute approximate surface area is 211 Å². The van der Waals surface area contributed by atoms with Gasteiger partial charge in [-0.25, -0.2) is 0 Å². The quantitative estimate of drug-likeness (QED) is 0.398. The van der Waals surface area contributed by atoms with Crippen LogP contribution in [0.4, 0.5) is 10.5 Å². The molecule has 0 atom stereocenters. The minimum atomic E-state index is -0.523. The van der Waals surface area contributed by atoms with Crippen molar-refractivity contribution in [2.45, 2.75) is 6.61 Å². The van der Waals surface area contributed by atoms with E-state index in [0.717, 1.165) is 22.2 Å². The number of carbonyl (C=O) groups is 3. The molecule has 3 aromatic rings. The van der Waals surface area contributed by atoms with Gasteiger partial charge < -0.3 is 14.8 Å². The molecule has 0 aliphatic carbocycles. The van der Waals surface area contributed by atoms with E-state index < -0.39 is 17.1 Å². The van der Waals surface area contributed by atoms with Crippen LogP contribution in [0.15, 0.2) is 77.7 Å². The number of amides is 3. The molecule has 178 valence electrons. The van der Waals surface area contributed by atoms with Gasteiger partial charge in [-0.2, -0.15) is 0 Å². The summed E-state index contributed by atoms with van der Waals surface area (Å²) in [6.45, 7) is -0.0332. The van der Waals surface area contributed by atoms with Gasteiger partial charge in [-0.3, -0.25) is 19.3 Å². The standard InChI is InChI=1S/C26H21ClN2O5S/c1-33-22-13-18(9-12-21(22)34-16-17-7-10-19(27)11-8-17)14-23-25(31)29(26(32)35-23)15-24(30)28-20-5-3-2-4-6-20/h2-14H,15-16H2,1H3,(H,28,30). The molecule has 9 heteroatoms. The molecule has 0 bridgehead atoms. The van der Waals surface area contributed by atoms with Crippen molar-refractivity contribution in [3.8, 4) is 11.5 Å². The van der Waals surface area contributed by atoms with E-state index in [4.69, 9.17) is 21.1 Å². The number of hydrogen-bond acceptors (Lipinski definition) is 6. The fraction of sp³-hybridized carbons (Fsp3) is 0.115. The van der Waals surface area contributed by atoms with Gasteiger partial charge in [0.05, 0.1) is 12.0 Å². The minimum Gasteiger partial charge on any atom is -0.493 e. The zero-order valence-corrected chi connectivity index (χ0v) is 20.3. The van der Waals surface area contributed by atoms with E-state index in [1.165, 1.54) is 7.11 Å². The molecular formula is C26H21ClN2O5S. The summed E-state index contributed by atoms with van der Waals surface area (Å²) in [7, 11) is 1.52. The number of rotatable bonds is 8. The summed E-state index contributed by atoms with van der Waals surface area (Å²) < 4.78 is 11.3. The molecular weight excluding hydrogens is 488 g/mol. The maximum Gasteiger partial charge on any atom is 0.294 e. The third-order valence-corrected chi connectivity index (χ3v) is 6.19. The smallest absolute Gasteiger partial charge is 0.294 e. The second-order valence-electron chi connectivity index (χ2n) is 7.51. The molecule has 3 amide bonds. The van der Waals surface area contributed by atoms with Gasteiger partial charge in [0, 0.05) is 10.7 Å². The lowest BCUT2D eigenvalue weighted by Gasteiger charge is -2.12. The van der Waals surface area contributed by atoms with Crippen LogP contribution in [0.1, 0.15) is 11.1 Å². The number of ether oxygens (including phenoxy) is 2. The predicted octanol–water partition coefficient (Wildman–Crippen LogP) is 5.60. The third-order valence-electron chi connectivity index (χ3n) is 5.03. The molecule has 1 heterocycles. The lowest BCUT2D eigenvalue weighted by molar-refractivity contribution is -0.127. The number of halogens is 1. The van der Waals surface area contributed by atoms with Gasteiger partial charge in [0.2, 0.25) is 5.91 Å². The van der Waals surface area contributed by atoms with Crippen LogP contribution < -0.4 is 14.8 Å². The van der Waals surface area contributed by atoms with E-state index in [9.17, 15) is 14.4 Å². The maximum absolute atomic E-state index is 12.8. The van der Waals surface area contributed by atoms with Gasteiger partial charge in [0.15, 0.2) is 11.5 Å². The molecule has 7 nitrogen and oxygen atoms in total. The average molecular weight is 509 g/mol. The third kappa shape index (κ3) is 6.23. The highest BCUT2D eigenvalue weighted by atomic mass is 35.5. The number of methoxy groups -OCH3 is 1. The lowest BCUT2D eigenvalue weighted by Crippen LogP contribution is -2.36. The Morgan fingerprint density at radius 2 is 1.77 bits per heavy atom. The van der Waals surface area contributed by atoms with E-state index in [1.807, 2.05) is 18.2 Å². The summed E-state index contributed by atoms with van der Waals surface area (Å²) in [4.78, 5) is 38.6. The van der Waals surface area contributed by atoms with Crippen LogP contribution in [0.5, 0.6) is 11.5 Å². The van der Waals surface area contributed by atoms with Gasteiger partial charge in [-0.05, 0) is 65.4 Å². The number of anilines is 1. The van der Waals surface area contributed by atoms with Crippen molar-refractivity contribution >= 4 is 52.2 Å². The summed E-state index contributed by atoms with van der Waals surface area (Å²) in [6.07, 6.45) is 1.59. The molecule has 0 radical (unpaired) electrons. The molecule has 0 unspecified atom stereocenters. The minimum absolute atomic E-state index is 0.222. The summed E-state index contributed by atoms with van der Waals surface area (Å²) in [6, 6.07) is 21.4. The molecule has 0 aromatic heterocycles. The van der Waals surface area contributed by atoms with E-state index in [1.54, 1.807) is 60.7 Å². The Morgan fingerprint density at radius 1 is 1.03 bits per heavy atom. The molecule has 4 rings (SSSR count). The average Bonchev–Trinajstić information content (AvgIpc) is 3.12. The van der Waals surface area contributed by atoms with Gasteiger partial charge in [-0.15, -0.1) is 0 Å². The van der Waals surface area contributed by atoms with Crippen LogP contribution in [0.3, 0.4) is 0 Å². The first kappa shape index (κ1) is 24.4. The SMILES string of the molecule is COc1cc(C=C2SC(=O)N(CC(=O)Nc3ccccc3)C2=O)ccc1OCc1ccc(Cl)cc1. The Balaban J connectivity index is 1.42. The number of para-hydroxylation sites is 1. The molecule has 0 spiro atoms. The van der Waals surface area contributed by atoms with Crippen LogP contribution in [0.25, 0.3) is 6.08 Å². The van der Waals surface area contributed by atoms with Crippen molar-refractivity contribution in [1.82, 2.24) is 4.90 Å². The highest BCUT2D eigenvalue weighted by Crippen LogP contribution is 2.34. The summed E-state index contributed by atoms with van der Waals surface area (Å²) in [5, 5.41) is 2.82. The Bertz CT molecular complexity index is 1280. The molecule has 1 N–H and O–H groups in total. The van der Waals surface area contributed by atoms with Crippen molar-refractivity contribution in [3.05, 3.63) is 93.9 Å². The van der Waals surface area contributed by atoms with Crippen molar-refractivity contribution in [1.29, 1.82) is 0 Å². The molecule has 1 aliphatic rings. The topological polar surface area (TPSA) is 84.9 Å². The van der Waals surface area contributed by atoms with E-state index in [2.05, 4.69) is 5.32 Å².